The van der Waals surface area contributed by atoms with E-state index >= 15 is 0 Å². The summed E-state index contributed by atoms with van der Waals surface area (Å²) < 4.78 is 4.89. The number of carboxylic acid groups (broad SMARTS) is 1. The summed E-state index contributed by atoms with van der Waals surface area (Å²) in [6.45, 7) is 0. The molecule has 3 N–H and O–H groups in total. The van der Waals surface area contributed by atoms with Gasteiger partial charge in [-0.05, 0) is 12.6 Å². The fraction of sp³-hybridized carbons (Fsp3) is 0.250. The molecule has 0 aliphatic heterocycles. The second-order valence-corrected chi connectivity index (χ2v) is 2.58. The van der Waals surface area contributed by atoms with Crippen LogP contribution in [0.1, 0.15) is 28.8 Å². The van der Waals surface area contributed by atoms with Crippen molar-refractivity contribution in [3.8, 4) is 0 Å². The zero-order valence-electron chi connectivity index (χ0n) is 7.23. The number of carbonyl (C=O) groups is 1. The Morgan fingerprint density at radius 2 is 2.43 bits per heavy atom. The molecule has 0 bridgehead atoms. The van der Waals surface area contributed by atoms with Crippen molar-refractivity contribution in [3.63, 3.8) is 0 Å². The van der Waals surface area contributed by atoms with Crippen molar-refractivity contribution in [2.24, 2.45) is 0 Å². The fourth-order valence-electron chi connectivity index (χ4n) is 0.925. The van der Waals surface area contributed by atoms with E-state index in [2.05, 4.69) is 4.98 Å². The standard InChI is InChI=1S/C8H9N3O3/c9-2-1-5(3-10)7-11-4-6(14-7)8(12)13/h2-5,9-10H,1H2,(H,12,13). The van der Waals surface area contributed by atoms with Crippen LogP contribution < -0.4 is 0 Å². The normalized spacial score (nSPS) is 12.0. The van der Waals surface area contributed by atoms with Gasteiger partial charge in [0, 0.05) is 6.21 Å². The number of hydrogen-bond donors (Lipinski definition) is 3. The second kappa shape index (κ2) is 4.31. The molecule has 14 heavy (non-hydrogen) atoms. The van der Waals surface area contributed by atoms with Gasteiger partial charge in [0.1, 0.15) is 0 Å². The molecular formula is C8H9N3O3. The number of aromatic carboxylic acids is 1. The monoisotopic (exact) mass is 195 g/mol. The van der Waals surface area contributed by atoms with Crippen molar-refractivity contribution < 1.29 is 14.3 Å². The Morgan fingerprint density at radius 3 is 2.86 bits per heavy atom. The predicted octanol–water partition coefficient (Wildman–Crippen LogP) is 1.15. The van der Waals surface area contributed by atoms with Crippen molar-refractivity contribution in [2.75, 3.05) is 0 Å². The van der Waals surface area contributed by atoms with Gasteiger partial charge >= 0.3 is 5.97 Å². The highest BCUT2D eigenvalue weighted by atomic mass is 16.4. The molecule has 0 saturated heterocycles. The van der Waals surface area contributed by atoms with E-state index in [1.807, 2.05) is 0 Å². The molecule has 1 heterocycles. The lowest BCUT2D eigenvalue weighted by Crippen LogP contribution is -2.00. The summed E-state index contributed by atoms with van der Waals surface area (Å²) in [5, 5.41) is 22.5. The minimum Gasteiger partial charge on any atom is -0.475 e. The smallest absolute Gasteiger partial charge is 0.373 e. The summed E-state index contributed by atoms with van der Waals surface area (Å²) in [4.78, 5) is 14.2. The second-order valence-electron chi connectivity index (χ2n) is 2.58. The molecule has 74 valence electrons. The molecule has 1 rings (SSSR count). The largest absolute Gasteiger partial charge is 0.475 e. The average molecular weight is 195 g/mol. The quantitative estimate of drug-likeness (QED) is 0.611. The van der Waals surface area contributed by atoms with E-state index in [0.29, 0.717) is 0 Å². The Hall–Kier alpha value is -1.98. The predicted molar refractivity (Wildman–Crippen MR) is 48.4 cm³/mol. The molecule has 0 radical (unpaired) electrons. The molecule has 1 unspecified atom stereocenters. The van der Waals surface area contributed by atoms with Crippen LogP contribution >= 0.6 is 0 Å². The third kappa shape index (κ3) is 2.03. The van der Waals surface area contributed by atoms with Gasteiger partial charge in [0.15, 0.2) is 0 Å². The highest BCUT2D eigenvalue weighted by Crippen LogP contribution is 2.16. The van der Waals surface area contributed by atoms with Crippen molar-refractivity contribution in [1.82, 2.24) is 4.98 Å². The third-order valence-corrected chi connectivity index (χ3v) is 1.62. The summed E-state index contributed by atoms with van der Waals surface area (Å²) in [6, 6.07) is 0. The van der Waals surface area contributed by atoms with E-state index in [9.17, 15) is 4.79 Å². The van der Waals surface area contributed by atoms with Crippen molar-refractivity contribution in [3.05, 3.63) is 17.8 Å². The van der Waals surface area contributed by atoms with E-state index < -0.39 is 11.9 Å². The molecule has 0 aromatic carbocycles. The molecule has 1 atom stereocenters. The van der Waals surface area contributed by atoms with Gasteiger partial charge in [0.2, 0.25) is 11.7 Å². The first-order valence-electron chi connectivity index (χ1n) is 3.87. The number of carboxylic acids is 1. The van der Waals surface area contributed by atoms with Gasteiger partial charge < -0.3 is 20.3 Å². The number of hydrogen-bond acceptors (Lipinski definition) is 5. The molecule has 0 fully saturated rings. The summed E-state index contributed by atoms with van der Waals surface area (Å²) in [5.74, 6) is -1.75. The van der Waals surface area contributed by atoms with E-state index in [0.717, 1.165) is 18.6 Å². The highest BCUT2D eigenvalue weighted by molar-refractivity contribution is 5.84. The molecule has 0 saturated carbocycles. The molecule has 0 amide bonds. The molecular weight excluding hydrogens is 186 g/mol. The Bertz CT molecular complexity index is 358. The number of rotatable bonds is 5. The first kappa shape index (κ1) is 10.1. The number of nitrogens with one attached hydrogen (secondary N) is 2. The van der Waals surface area contributed by atoms with Crippen molar-refractivity contribution in [2.45, 2.75) is 12.3 Å². The Labute approximate surface area is 79.6 Å². The van der Waals surface area contributed by atoms with Crippen LogP contribution in [0.3, 0.4) is 0 Å². The molecule has 1 aromatic heterocycles. The van der Waals surface area contributed by atoms with Gasteiger partial charge in [-0.25, -0.2) is 9.78 Å². The van der Waals surface area contributed by atoms with Gasteiger partial charge in [-0.1, -0.05) is 0 Å². The molecule has 0 aliphatic carbocycles. The lowest BCUT2D eigenvalue weighted by molar-refractivity contribution is 0.0660. The molecule has 0 aliphatic rings. The lowest BCUT2D eigenvalue weighted by atomic mass is 10.1. The minimum absolute atomic E-state index is 0.154. The zero-order valence-corrected chi connectivity index (χ0v) is 7.23. The van der Waals surface area contributed by atoms with Crippen molar-refractivity contribution in [1.29, 1.82) is 10.8 Å². The van der Waals surface area contributed by atoms with E-state index in [1.165, 1.54) is 0 Å². The van der Waals surface area contributed by atoms with Gasteiger partial charge in [-0.3, -0.25) is 0 Å². The topological polar surface area (TPSA) is 111 Å². The Morgan fingerprint density at radius 1 is 1.71 bits per heavy atom. The average Bonchev–Trinajstić information content (AvgIpc) is 2.63. The van der Waals surface area contributed by atoms with Crippen LogP contribution in [0, 0.1) is 10.8 Å². The molecule has 6 nitrogen and oxygen atoms in total. The lowest BCUT2D eigenvalue weighted by Gasteiger charge is -2.01. The van der Waals surface area contributed by atoms with E-state index in [1.54, 1.807) is 0 Å². The van der Waals surface area contributed by atoms with Crippen LogP contribution in [0.25, 0.3) is 0 Å². The van der Waals surface area contributed by atoms with Crippen LogP contribution in [-0.4, -0.2) is 28.5 Å². The summed E-state index contributed by atoms with van der Waals surface area (Å²) in [7, 11) is 0. The Kier molecular flexibility index (Phi) is 3.11. The van der Waals surface area contributed by atoms with Crippen LogP contribution in [0.4, 0.5) is 0 Å². The number of aromatic nitrogens is 1. The maximum absolute atomic E-state index is 10.4. The van der Waals surface area contributed by atoms with Gasteiger partial charge in [-0.2, -0.15) is 0 Å². The Balaban J connectivity index is 2.88. The summed E-state index contributed by atoms with van der Waals surface area (Å²) >= 11 is 0. The zero-order chi connectivity index (χ0) is 10.6. The van der Waals surface area contributed by atoms with Crippen molar-refractivity contribution >= 4 is 18.4 Å². The van der Waals surface area contributed by atoms with E-state index in [4.69, 9.17) is 20.3 Å². The first-order chi connectivity index (χ1) is 6.69. The van der Waals surface area contributed by atoms with Gasteiger partial charge in [0.25, 0.3) is 0 Å². The molecule has 0 spiro atoms. The first-order valence-corrected chi connectivity index (χ1v) is 3.87. The molecule has 1 aromatic rings. The third-order valence-electron chi connectivity index (χ3n) is 1.62. The van der Waals surface area contributed by atoms with Gasteiger partial charge in [-0.15, -0.1) is 0 Å². The number of oxazole rings is 1. The fourth-order valence-corrected chi connectivity index (χ4v) is 0.925. The maximum Gasteiger partial charge on any atom is 0.373 e. The summed E-state index contributed by atoms with van der Waals surface area (Å²) in [6.07, 6.45) is 3.57. The minimum atomic E-state index is -1.19. The van der Waals surface area contributed by atoms with Crippen LogP contribution in [0.5, 0.6) is 0 Å². The number of nitrogens with zero attached hydrogens (tertiary/aromatic N) is 1. The van der Waals surface area contributed by atoms with Crippen LogP contribution in [-0.2, 0) is 0 Å². The van der Waals surface area contributed by atoms with Gasteiger partial charge in [0.05, 0.1) is 12.1 Å². The van der Waals surface area contributed by atoms with Crippen LogP contribution in [0.15, 0.2) is 10.6 Å². The maximum atomic E-state index is 10.4. The molecule has 6 heteroatoms. The highest BCUT2D eigenvalue weighted by Gasteiger charge is 2.16. The van der Waals surface area contributed by atoms with Crippen LogP contribution in [0.2, 0.25) is 0 Å². The summed E-state index contributed by atoms with van der Waals surface area (Å²) in [5.41, 5.74) is 0. The van der Waals surface area contributed by atoms with E-state index in [-0.39, 0.29) is 18.1 Å². The SMILES string of the molecule is N=CCC(C=N)c1ncc(C(=O)O)o1.